The lowest BCUT2D eigenvalue weighted by Gasteiger charge is -2.17. The van der Waals surface area contributed by atoms with Gasteiger partial charge in [0, 0.05) is 11.6 Å². The maximum Gasteiger partial charge on any atom is 0.278 e. The minimum absolute atomic E-state index is 0.205. The van der Waals surface area contributed by atoms with Crippen molar-refractivity contribution in [1.29, 1.82) is 0 Å². The SMILES string of the molecule is COc1ncc(C2=Nc3ccc(/C=C/c4ccc(F)cc4F)cc3OC2)nc1OC. The average Bonchev–Trinajstić information content (AvgIpc) is 2.77. The number of nitrogens with zero attached hydrogens (tertiary/aromatic N) is 3. The van der Waals surface area contributed by atoms with Gasteiger partial charge in [0.1, 0.15) is 41.1 Å². The Morgan fingerprint density at radius 2 is 1.83 bits per heavy atom. The largest absolute Gasteiger partial charge is 0.485 e. The predicted molar refractivity (Wildman–Crippen MR) is 109 cm³/mol. The molecule has 0 amide bonds. The fourth-order valence-electron chi connectivity index (χ4n) is 2.89. The molecule has 0 saturated heterocycles. The second-order valence-electron chi connectivity index (χ2n) is 6.35. The van der Waals surface area contributed by atoms with Crippen molar-refractivity contribution in [3.63, 3.8) is 0 Å². The van der Waals surface area contributed by atoms with Gasteiger partial charge < -0.3 is 14.2 Å². The maximum atomic E-state index is 13.8. The number of hydrogen-bond acceptors (Lipinski definition) is 6. The van der Waals surface area contributed by atoms with Gasteiger partial charge in [-0.05, 0) is 29.8 Å². The Labute approximate surface area is 171 Å². The predicted octanol–water partition coefficient (Wildman–Crippen LogP) is 4.46. The van der Waals surface area contributed by atoms with E-state index in [9.17, 15) is 8.78 Å². The lowest BCUT2D eigenvalue weighted by atomic mass is 10.1. The van der Waals surface area contributed by atoms with Crippen LogP contribution in [-0.2, 0) is 0 Å². The van der Waals surface area contributed by atoms with Gasteiger partial charge in [0.2, 0.25) is 0 Å². The number of methoxy groups -OCH3 is 2. The van der Waals surface area contributed by atoms with Crippen molar-refractivity contribution in [2.24, 2.45) is 4.99 Å². The number of hydrogen-bond donors (Lipinski definition) is 0. The summed E-state index contributed by atoms with van der Waals surface area (Å²) < 4.78 is 42.9. The topological polar surface area (TPSA) is 65.8 Å². The van der Waals surface area contributed by atoms with Gasteiger partial charge in [-0.15, -0.1) is 0 Å². The molecular formula is C22H17F2N3O3. The van der Waals surface area contributed by atoms with E-state index in [1.165, 1.54) is 26.4 Å². The number of aromatic nitrogens is 2. The summed E-state index contributed by atoms with van der Waals surface area (Å²) in [6, 6.07) is 8.87. The normalized spacial score (nSPS) is 12.9. The monoisotopic (exact) mass is 409 g/mol. The Balaban J connectivity index is 1.58. The third-order valence-corrected chi connectivity index (χ3v) is 4.41. The molecule has 0 spiro atoms. The molecule has 2 aromatic carbocycles. The smallest absolute Gasteiger partial charge is 0.278 e. The van der Waals surface area contributed by atoms with Crippen molar-refractivity contribution in [3.05, 3.63) is 71.1 Å². The van der Waals surface area contributed by atoms with Crippen LogP contribution in [0.25, 0.3) is 12.2 Å². The Morgan fingerprint density at radius 3 is 2.60 bits per heavy atom. The lowest BCUT2D eigenvalue weighted by Crippen LogP contribution is -2.18. The van der Waals surface area contributed by atoms with Crippen molar-refractivity contribution < 1.29 is 23.0 Å². The van der Waals surface area contributed by atoms with E-state index in [1.807, 2.05) is 6.07 Å². The van der Waals surface area contributed by atoms with Crippen LogP contribution in [0.3, 0.4) is 0 Å². The summed E-state index contributed by atoms with van der Waals surface area (Å²) in [6.45, 7) is 0.205. The van der Waals surface area contributed by atoms with E-state index >= 15 is 0 Å². The molecule has 3 aromatic rings. The Bertz CT molecular complexity index is 1160. The minimum Gasteiger partial charge on any atom is -0.485 e. The molecule has 0 aliphatic carbocycles. The van der Waals surface area contributed by atoms with E-state index in [0.29, 0.717) is 28.4 Å². The van der Waals surface area contributed by atoms with E-state index in [0.717, 1.165) is 11.6 Å². The Kier molecular flexibility index (Phi) is 5.38. The Morgan fingerprint density at radius 1 is 1.00 bits per heavy atom. The summed E-state index contributed by atoms with van der Waals surface area (Å²) in [7, 11) is 2.97. The molecule has 0 fully saturated rings. The van der Waals surface area contributed by atoms with Gasteiger partial charge in [-0.1, -0.05) is 18.2 Å². The van der Waals surface area contributed by atoms with Crippen LogP contribution in [0.15, 0.2) is 47.6 Å². The first-order chi connectivity index (χ1) is 14.6. The zero-order valence-electron chi connectivity index (χ0n) is 16.2. The average molecular weight is 409 g/mol. The van der Waals surface area contributed by atoms with Crippen molar-refractivity contribution >= 4 is 23.6 Å². The van der Waals surface area contributed by atoms with Crippen LogP contribution in [0, 0.1) is 11.6 Å². The van der Waals surface area contributed by atoms with Gasteiger partial charge in [-0.2, -0.15) is 0 Å². The summed E-state index contributed by atoms with van der Waals surface area (Å²) >= 11 is 0. The number of benzene rings is 2. The van der Waals surface area contributed by atoms with E-state index in [1.54, 1.807) is 30.5 Å². The summed E-state index contributed by atoms with van der Waals surface area (Å²) in [5.41, 5.74) is 2.85. The van der Waals surface area contributed by atoms with Crippen LogP contribution in [0.2, 0.25) is 0 Å². The molecule has 0 unspecified atom stereocenters. The second-order valence-corrected chi connectivity index (χ2v) is 6.35. The van der Waals surface area contributed by atoms with E-state index in [4.69, 9.17) is 14.2 Å². The molecule has 6 nitrogen and oxygen atoms in total. The highest BCUT2D eigenvalue weighted by Crippen LogP contribution is 2.33. The highest BCUT2D eigenvalue weighted by molar-refractivity contribution is 6.03. The molecule has 152 valence electrons. The fraction of sp³-hybridized carbons (Fsp3) is 0.136. The molecule has 0 radical (unpaired) electrons. The number of fused-ring (bicyclic) bond motifs is 1. The number of aliphatic imine (C=N–C) groups is 1. The first-order valence-electron chi connectivity index (χ1n) is 9.00. The number of halogens is 2. The molecule has 1 aromatic heterocycles. The lowest BCUT2D eigenvalue weighted by molar-refractivity contribution is 0.330. The Hall–Kier alpha value is -3.81. The molecule has 0 N–H and O–H groups in total. The third-order valence-electron chi connectivity index (χ3n) is 4.41. The van der Waals surface area contributed by atoms with Crippen LogP contribution in [0.1, 0.15) is 16.8 Å². The zero-order chi connectivity index (χ0) is 21.1. The molecule has 8 heteroatoms. The highest BCUT2D eigenvalue weighted by atomic mass is 19.1. The quantitative estimate of drug-likeness (QED) is 0.583. The van der Waals surface area contributed by atoms with Gasteiger partial charge in [-0.3, -0.25) is 0 Å². The molecule has 30 heavy (non-hydrogen) atoms. The molecule has 2 heterocycles. The molecular weight excluding hydrogens is 392 g/mol. The first kappa shape index (κ1) is 19.5. The summed E-state index contributed by atoms with van der Waals surface area (Å²) in [6.07, 6.45) is 4.84. The van der Waals surface area contributed by atoms with Crippen LogP contribution >= 0.6 is 0 Å². The van der Waals surface area contributed by atoms with Crippen molar-refractivity contribution in [3.8, 4) is 17.5 Å². The minimum atomic E-state index is -0.620. The third kappa shape index (κ3) is 3.98. The van der Waals surface area contributed by atoms with E-state index in [2.05, 4.69) is 15.0 Å². The summed E-state index contributed by atoms with van der Waals surface area (Å²) in [5.74, 6) is -0.0932. The molecule has 1 aliphatic heterocycles. The molecule has 0 atom stereocenters. The van der Waals surface area contributed by atoms with E-state index < -0.39 is 11.6 Å². The van der Waals surface area contributed by atoms with Crippen LogP contribution in [0.4, 0.5) is 14.5 Å². The van der Waals surface area contributed by atoms with Crippen LogP contribution in [-0.4, -0.2) is 36.5 Å². The first-order valence-corrected chi connectivity index (χ1v) is 9.00. The fourth-order valence-corrected chi connectivity index (χ4v) is 2.89. The maximum absolute atomic E-state index is 13.8. The summed E-state index contributed by atoms with van der Waals surface area (Å²) in [5, 5.41) is 0. The standard InChI is InChI=1S/C22H17F2N3O3/c1-28-21-22(29-2)27-18(11-25-21)19-12-30-20-9-13(4-8-17(20)26-19)3-5-14-6-7-15(23)10-16(14)24/h3-11H,12H2,1-2H3/b5-3+. The van der Waals surface area contributed by atoms with Crippen LogP contribution in [0.5, 0.6) is 17.5 Å². The zero-order valence-corrected chi connectivity index (χ0v) is 16.2. The summed E-state index contributed by atoms with van der Waals surface area (Å²) in [4.78, 5) is 13.1. The molecule has 4 rings (SSSR count). The van der Waals surface area contributed by atoms with Crippen LogP contribution < -0.4 is 14.2 Å². The van der Waals surface area contributed by atoms with Gasteiger partial charge in [0.15, 0.2) is 0 Å². The second kappa shape index (κ2) is 8.28. The van der Waals surface area contributed by atoms with Gasteiger partial charge >= 0.3 is 0 Å². The van der Waals surface area contributed by atoms with E-state index in [-0.39, 0.29) is 18.4 Å². The number of ether oxygens (including phenoxy) is 3. The van der Waals surface area contributed by atoms with Crippen molar-refractivity contribution in [2.75, 3.05) is 20.8 Å². The van der Waals surface area contributed by atoms with Gasteiger partial charge in [0.25, 0.3) is 11.8 Å². The number of rotatable bonds is 5. The van der Waals surface area contributed by atoms with Crippen molar-refractivity contribution in [2.45, 2.75) is 0 Å². The highest BCUT2D eigenvalue weighted by Gasteiger charge is 2.18. The molecule has 1 aliphatic rings. The van der Waals surface area contributed by atoms with Gasteiger partial charge in [-0.25, -0.2) is 23.7 Å². The van der Waals surface area contributed by atoms with Gasteiger partial charge in [0.05, 0.1) is 20.4 Å². The molecule has 0 bridgehead atoms. The van der Waals surface area contributed by atoms with Crippen molar-refractivity contribution in [1.82, 2.24) is 9.97 Å². The molecule has 0 saturated carbocycles.